The molecule has 0 aliphatic heterocycles. The van der Waals surface area contributed by atoms with Crippen LogP contribution in [0.5, 0.6) is 5.75 Å². The van der Waals surface area contributed by atoms with Gasteiger partial charge in [0, 0.05) is 18.6 Å². The molecule has 12 heteroatoms. The van der Waals surface area contributed by atoms with Crippen LogP contribution in [-0.4, -0.2) is 49.4 Å². The van der Waals surface area contributed by atoms with Gasteiger partial charge in [0.25, 0.3) is 0 Å². The van der Waals surface area contributed by atoms with Crippen LogP contribution < -0.4 is 4.18 Å². The summed E-state index contributed by atoms with van der Waals surface area (Å²) in [6, 6.07) is 10.2. The monoisotopic (exact) mass is 460 g/mol. The Kier molecular flexibility index (Phi) is 4.77. The molecule has 26 heavy (non-hydrogen) atoms. The van der Waals surface area contributed by atoms with Gasteiger partial charge in [-0.25, -0.2) is 4.98 Å². The number of fused-ring (bicyclic) bond motifs is 1. The van der Waals surface area contributed by atoms with Crippen LogP contribution in [-0.2, 0) is 20.3 Å². The summed E-state index contributed by atoms with van der Waals surface area (Å²) in [6.07, 6.45) is 0.795. The molecule has 0 aliphatic rings. The van der Waals surface area contributed by atoms with Gasteiger partial charge in [-0.1, -0.05) is 28.1 Å². The van der Waals surface area contributed by atoms with Gasteiger partial charge in [-0.15, -0.1) is 9.19 Å². The van der Waals surface area contributed by atoms with E-state index in [0.717, 1.165) is 25.9 Å². The van der Waals surface area contributed by atoms with Crippen molar-refractivity contribution in [2.75, 3.05) is 14.1 Å². The summed E-state index contributed by atoms with van der Waals surface area (Å²) in [5.74, 6) is 0.0617. The predicted octanol–water partition coefficient (Wildman–Crippen LogP) is 1.62. The highest BCUT2D eigenvalue weighted by Gasteiger charge is 2.26. The molecule has 1 heterocycles. The van der Waals surface area contributed by atoms with Crippen LogP contribution in [0.2, 0.25) is 0 Å². The fraction of sp³-hybridized carbons (Fsp3) is 0.143. The average molecular weight is 461 g/mol. The molecular weight excluding hydrogens is 448 g/mol. The molecule has 0 saturated heterocycles. The van der Waals surface area contributed by atoms with Gasteiger partial charge in [-0.2, -0.15) is 21.1 Å². The first kappa shape index (κ1) is 18.8. The molecule has 0 saturated carbocycles. The normalized spacial score (nSPS) is 12.6. The van der Waals surface area contributed by atoms with Gasteiger partial charge >= 0.3 is 25.5 Å². The third-order valence-electron chi connectivity index (χ3n) is 3.35. The van der Waals surface area contributed by atoms with Gasteiger partial charge in [-0.05, 0) is 35.0 Å². The first-order chi connectivity index (χ1) is 12.1. The summed E-state index contributed by atoms with van der Waals surface area (Å²) in [7, 11) is -5.79. The van der Waals surface area contributed by atoms with Gasteiger partial charge in [0.05, 0.1) is 0 Å². The molecule has 3 rings (SSSR count). The summed E-state index contributed by atoms with van der Waals surface area (Å²) in [5.41, 5.74) is 0. The van der Waals surface area contributed by atoms with Crippen LogP contribution in [0.1, 0.15) is 0 Å². The van der Waals surface area contributed by atoms with Gasteiger partial charge in [0.15, 0.2) is 0 Å². The first-order valence-electron chi connectivity index (χ1n) is 7.08. The van der Waals surface area contributed by atoms with Crippen molar-refractivity contribution in [2.45, 2.75) is 5.16 Å². The Hall–Kier alpha value is -2.02. The minimum Gasteiger partial charge on any atom is -0.377 e. The Labute approximate surface area is 158 Å². The zero-order valence-corrected chi connectivity index (χ0v) is 16.8. The molecule has 2 aromatic carbocycles. The van der Waals surface area contributed by atoms with E-state index < -0.39 is 25.5 Å². The van der Waals surface area contributed by atoms with E-state index in [2.05, 4.69) is 26.0 Å². The lowest BCUT2D eigenvalue weighted by Gasteiger charge is -2.09. The minimum absolute atomic E-state index is 0.0617. The van der Waals surface area contributed by atoms with E-state index in [1.165, 1.54) is 20.2 Å². The van der Waals surface area contributed by atoms with Crippen molar-refractivity contribution in [1.29, 1.82) is 0 Å². The molecule has 0 N–H and O–H groups in total. The Bertz CT molecular complexity index is 1190. The molecule has 9 nitrogen and oxygen atoms in total. The lowest BCUT2D eigenvalue weighted by molar-refractivity contribution is 0.476. The summed E-state index contributed by atoms with van der Waals surface area (Å²) in [4.78, 5) is 3.53. The van der Waals surface area contributed by atoms with Crippen molar-refractivity contribution in [3.05, 3.63) is 47.2 Å². The van der Waals surface area contributed by atoms with Gasteiger partial charge in [-0.3, -0.25) is 0 Å². The minimum atomic E-state index is -4.39. The quantitative estimate of drug-likeness (QED) is 0.531. The second-order valence-corrected chi connectivity index (χ2v) is 9.74. The lowest BCUT2D eigenvalue weighted by Crippen LogP contribution is -2.29. The van der Waals surface area contributed by atoms with E-state index in [4.69, 9.17) is 4.18 Å². The average Bonchev–Trinajstić information content (AvgIpc) is 3.06. The Morgan fingerprint density at radius 2 is 1.69 bits per heavy atom. The molecule has 1 aromatic heterocycles. The number of rotatable bonds is 5. The smallest absolute Gasteiger partial charge is 0.377 e. The number of halogens is 1. The predicted molar refractivity (Wildman–Crippen MR) is 97.5 cm³/mol. The Balaban J connectivity index is 1.92. The first-order valence-corrected chi connectivity index (χ1v) is 10.7. The highest BCUT2D eigenvalue weighted by Crippen LogP contribution is 2.25. The zero-order valence-electron chi connectivity index (χ0n) is 13.6. The van der Waals surface area contributed by atoms with Crippen molar-refractivity contribution in [3.63, 3.8) is 0 Å². The van der Waals surface area contributed by atoms with E-state index >= 15 is 0 Å². The van der Waals surface area contributed by atoms with Crippen molar-refractivity contribution in [3.8, 4) is 5.75 Å². The van der Waals surface area contributed by atoms with Crippen LogP contribution in [0.3, 0.4) is 0 Å². The fourth-order valence-electron chi connectivity index (χ4n) is 2.04. The topological polar surface area (TPSA) is 111 Å². The molecule has 0 spiro atoms. The molecular formula is C14H13BrN4O5S2. The Morgan fingerprint density at radius 1 is 1.04 bits per heavy atom. The van der Waals surface area contributed by atoms with E-state index in [-0.39, 0.29) is 5.75 Å². The number of nitrogens with zero attached hydrogens (tertiary/aromatic N) is 4. The van der Waals surface area contributed by atoms with Crippen LogP contribution in [0.4, 0.5) is 0 Å². The number of benzene rings is 2. The third-order valence-corrected chi connectivity index (χ3v) is 6.46. The third kappa shape index (κ3) is 3.58. The maximum absolute atomic E-state index is 12.3. The van der Waals surface area contributed by atoms with E-state index in [9.17, 15) is 16.8 Å². The van der Waals surface area contributed by atoms with Gasteiger partial charge in [0.2, 0.25) is 0 Å². The van der Waals surface area contributed by atoms with E-state index in [1.54, 1.807) is 18.2 Å². The zero-order chi connectivity index (χ0) is 19.1. The molecule has 0 amide bonds. The number of aromatic nitrogens is 3. The van der Waals surface area contributed by atoms with Crippen LogP contribution in [0.25, 0.3) is 10.8 Å². The van der Waals surface area contributed by atoms with Crippen LogP contribution in [0, 0.1) is 0 Å². The molecule has 0 bridgehead atoms. The highest BCUT2D eigenvalue weighted by atomic mass is 79.9. The molecule has 3 aromatic rings. The molecule has 0 fully saturated rings. The van der Waals surface area contributed by atoms with Gasteiger partial charge < -0.3 is 4.18 Å². The molecule has 0 unspecified atom stereocenters. The summed E-state index contributed by atoms with van der Waals surface area (Å²) in [6.45, 7) is 0. The largest absolute Gasteiger partial charge is 0.377 e. The summed E-state index contributed by atoms with van der Waals surface area (Å²) >= 11 is 3.36. The SMILES string of the molecule is CN(C)S(=O)(=O)n1cnc(S(=O)(=O)Oc2ccc3cc(Br)ccc3c2)n1. The second-order valence-electron chi connectivity index (χ2n) is 5.38. The Morgan fingerprint density at radius 3 is 2.38 bits per heavy atom. The van der Waals surface area contributed by atoms with Crippen molar-refractivity contribution in [2.24, 2.45) is 0 Å². The molecule has 0 atom stereocenters. The maximum Gasteiger partial charge on any atom is 0.377 e. The summed E-state index contributed by atoms with van der Waals surface area (Å²) in [5, 5.41) is 4.42. The van der Waals surface area contributed by atoms with Crippen molar-refractivity contribution in [1.82, 2.24) is 18.5 Å². The molecule has 0 radical (unpaired) electrons. The van der Waals surface area contributed by atoms with Crippen LogP contribution >= 0.6 is 15.9 Å². The van der Waals surface area contributed by atoms with Crippen molar-refractivity contribution >= 4 is 47.0 Å². The highest BCUT2D eigenvalue weighted by molar-refractivity contribution is 9.10. The number of hydrogen-bond acceptors (Lipinski definition) is 7. The lowest BCUT2D eigenvalue weighted by atomic mass is 10.1. The fourth-order valence-corrected chi connectivity index (χ4v) is 3.95. The standard InChI is InChI=1S/C14H13BrN4O5S2/c1-18(2)26(22,23)19-9-16-14(17-19)25(20,21)24-13-6-4-10-7-12(15)5-3-11(10)8-13/h3-9H,1-2H3. The second kappa shape index (κ2) is 6.61. The molecule has 0 aliphatic carbocycles. The van der Waals surface area contributed by atoms with Crippen LogP contribution in [0.15, 0.2) is 52.4 Å². The number of hydrogen-bond donors (Lipinski definition) is 0. The van der Waals surface area contributed by atoms with E-state index in [0.29, 0.717) is 4.09 Å². The van der Waals surface area contributed by atoms with Crippen molar-refractivity contribution < 1.29 is 21.0 Å². The maximum atomic E-state index is 12.3. The molecule has 138 valence electrons. The summed E-state index contributed by atoms with van der Waals surface area (Å²) < 4.78 is 55.8. The van der Waals surface area contributed by atoms with Gasteiger partial charge in [0.1, 0.15) is 12.1 Å². The van der Waals surface area contributed by atoms with E-state index in [1.807, 2.05) is 12.1 Å².